The molecule has 4 aromatic rings. The molecule has 5 rings (SSSR count). The van der Waals surface area contributed by atoms with E-state index in [0.29, 0.717) is 40.6 Å². The van der Waals surface area contributed by atoms with Crippen molar-refractivity contribution in [1.29, 1.82) is 0 Å². The Morgan fingerprint density at radius 1 is 1.22 bits per heavy atom. The van der Waals surface area contributed by atoms with Crippen LogP contribution in [0.2, 0.25) is 5.02 Å². The molecule has 1 aromatic carbocycles. The zero-order chi connectivity index (χ0) is 26.1. The summed E-state index contributed by atoms with van der Waals surface area (Å²) in [6, 6.07) is 10.9. The van der Waals surface area contributed by atoms with E-state index in [1.807, 2.05) is 32.0 Å². The molecule has 0 aliphatic carbocycles. The molecule has 37 heavy (non-hydrogen) atoms. The largest absolute Gasteiger partial charge is 0.495 e. The van der Waals surface area contributed by atoms with Crippen LogP contribution >= 0.6 is 11.6 Å². The van der Waals surface area contributed by atoms with Crippen molar-refractivity contribution in [2.75, 3.05) is 25.1 Å². The highest BCUT2D eigenvalue weighted by Gasteiger charge is 2.28. The van der Waals surface area contributed by atoms with Crippen molar-refractivity contribution in [3.05, 3.63) is 70.5 Å². The summed E-state index contributed by atoms with van der Waals surface area (Å²) >= 11 is 5.95. The quantitative estimate of drug-likeness (QED) is 0.333. The fraction of sp³-hybridized carbons (Fsp3) is 0.333. The van der Waals surface area contributed by atoms with Gasteiger partial charge in [-0.1, -0.05) is 25.4 Å². The number of pyridine rings is 1. The SMILES string of the molecule is COc1cc(-n2cnn3cc(-c4ccc(Cl)cn4)cc3c2=O)ccc1N1CC[C@@H](OC(=O)CC(C)C)C1. The molecule has 10 heteroatoms. The van der Waals surface area contributed by atoms with Crippen LogP contribution in [-0.2, 0) is 9.53 Å². The van der Waals surface area contributed by atoms with E-state index in [0.717, 1.165) is 24.2 Å². The van der Waals surface area contributed by atoms with E-state index in [1.165, 1.54) is 10.9 Å². The second-order valence-electron chi connectivity index (χ2n) is 9.53. The van der Waals surface area contributed by atoms with Crippen LogP contribution in [0.4, 0.5) is 5.69 Å². The van der Waals surface area contributed by atoms with Crippen molar-refractivity contribution in [3.8, 4) is 22.7 Å². The first-order valence-electron chi connectivity index (χ1n) is 12.2. The Balaban J connectivity index is 1.39. The Morgan fingerprint density at radius 3 is 2.78 bits per heavy atom. The summed E-state index contributed by atoms with van der Waals surface area (Å²) in [6.45, 7) is 5.34. The summed E-state index contributed by atoms with van der Waals surface area (Å²) in [5.41, 5.74) is 3.18. The van der Waals surface area contributed by atoms with Gasteiger partial charge >= 0.3 is 5.97 Å². The fourth-order valence-electron chi connectivity index (χ4n) is 4.55. The smallest absolute Gasteiger partial charge is 0.306 e. The van der Waals surface area contributed by atoms with Gasteiger partial charge in [0.2, 0.25) is 0 Å². The third-order valence-electron chi connectivity index (χ3n) is 6.35. The first-order valence-corrected chi connectivity index (χ1v) is 12.5. The lowest BCUT2D eigenvalue weighted by Crippen LogP contribution is -2.25. The van der Waals surface area contributed by atoms with E-state index in [2.05, 4.69) is 15.0 Å². The van der Waals surface area contributed by atoms with Gasteiger partial charge in [0.25, 0.3) is 5.56 Å². The molecule has 1 fully saturated rings. The number of ether oxygens (including phenoxy) is 2. The zero-order valence-corrected chi connectivity index (χ0v) is 21.7. The molecule has 1 aliphatic rings. The number of anilines is 1. The monoisotopic (exact) mass is 521 g/mol. The van der Waals surface area contributed by atoms with Crippen molar-refractivity contribution in [1.82, 2.24) is 19.2 Å². The van der Waals surface area contributed by atoms with Crippen LogP contribution in [0.25, 0.3) is 22.5 Å². The van der Waals surface area contributed by atoms with Crippen LogP contribution in [0.1, 0.15) is 26.7 Å². The predicted octanol–water partition coefficient (Wildman–Crippen LogP) is 4.38. The van der Waals surface area contributed by atoms with E-state index < -0.39 is 0 Å². The van der Waals surface area contributed by atoms with Gasteiger partial charge in [-0.25, -0.2) is 4.52 Å². The first kappa shape index (κ1) is 24.8. The van der Waals surface area contributed by atoms with Crippen molar-refractivity contribution in [2.24, 2.45) is 5.92 Å². The number of nitrogens with zero attached hydrogens (tertiary/aromatic N) is 5. The number of aromatic nitrogens is 4. The number of benzene rings is 1. The highest BCUT2D eigenvalue weighted by molar-refractivity contribution is 6.30. The van der Waals surface area contributed by atoms with Crippen molar-refractivity contribution < 1.29 is 14.3 Å². The Morgan fingerprint density at radius 2 is 2.05 bits per heavy atom. The van der Waals surface area contributed by atoms with Crippen LogP contribution in [0.3, 0.4) is 0 Å². The van der Waals surface area contributed by atoms with Gasteiger partial charge in [0.1, 0.15) is 23.7 Å². The third kappa shape index (κ3) is 5.17. The molecule has 0 saturated carbocycles. The van der Waals surface area contributed by atoms with Crippen LogP contribution in [0.15, 0.2) is 59.9 Å². The molecule has 0 spiro atoms. The van der Waals surface area contributed by atoms with E-state index in [-0.39, 0.29) is 23.6 Å². The lowest BCUT2D eigenvalue weighted by molar-refractivity contribution is -0.148. The Bertz CT molecular complexity index is 1500. The van der Waals surface area contributed by atoms with Crippen molar-refractivity contribution in [3.63, 3.8) is 0 Å². The highest BCUT2D eigenvalue weighted by Crippen LogP contribution is 2.33. The number of carbonyl (C=O) groups excluding carboxylic acids is 1. The number of halogens is 1. The topological polar surface area (TPSA) is 91.0 Å². The predicted molar refractivity (Wildman–Crippen MR) is 142 cm³/mol. The van der Waals surface area contributed by atoms with E-state index in [9.17, 15) is 9.59 Å². The summed E-state index contributed by atoms with van der Waals surface area (Å²) in [4.78, 5) is 31.9. The zero-order valence-electron chi connectivity index (χ0n) is 20.9. The molecule has 9 nitrogen and oxygen atoms in total. The number of hydrogen-bond acceptors (Lipinski definition) is 7. The molecule has 0 N–H and O–H groups in total. The van der Waals surface area contributed by atoms with Crippen LogP contribution in [-0.4, -0.2) is 51.4 Å². The molecule has 1 atom stereocenters. The summed E-state index contributed by atoms with van der Waals surface area (Å²) < 4.78 is 14.4. The van der Waals surface area contributed by atoms with Gasteiger partial charge in [0.05, 0.1) is 35.7 Å². The number of esters is 1. The van der Waals surface area contributed by atoms with Crippen LogP contribution in [0.5, 0.6) is 5.75 Å². The molecule has 0 unspecified atom stereocenters. The van der Waals surface area contributed by atoms with Gasteiger partial charge in [0.15, 0.2) is 0 Å². The second kappa shape index (κ2) is 10.3. The van der Waals surface area contributed by atoms with E-state index in [1.54, 1.807) is 42.2 Å². The molecule has 0 amide bonds. The number of methoxy groups -OCH3 is 1. The van der Waals surface area contributed by atoms with Crippen LogP contribution in [0, 0.1) is 5.92 Å². The average molecular weight is 522 g/mol. The molecule has 192 valence electrons. The summed E-state index contributed by atoms with van der Waals surface area (Å²) in [6.07, 6.45) is 5.84. The van der Waals surface area contributed by atoms with Gasteiger partial charge in [-0.2, -0.15) is 5.10 Å². The minimum atomic E-state index is -0.219. The molecular weight excluding hydrogens is 494 g/mol. The van der Waals surface area contributed by atoms with Gasteiger partial charge in [-0.15, -0.1) is 0 Å². The summed E-state index contributed by atoms with van der Waals surface area (Å²) in [5, 5.41) is 4.96. The van der Waals surface area contributed by atoms with Crippen LogP contribution < -0.4 is 15.2 Å². The van der Waals surface area contributed by atoms with Gasteiger partial charge in [0, 0.05) is 43.4 Å². The number of carbonyl (C=O) groups is 1. The summed E-state index contributed by atoms with van der Waals surface area (Å²) in [5.74, 6) is 0.730. The Labute approximate surface area is 219 Å². The molecule has 1 saturated heterocycles. The lowest BCUT2D eigenvalue weighted by atomic mass is 10.1. The van der Waals surface area contributed by atoms with Gasteiger partial charge in [-0.05, 0) is 36.2 Å². The molecule has 1 aliphatic heterocycles. The molecule has 0 radical (unpaired) electrons. The minimum Gasteiger partial charge on any atom is -0.495 e. The van der Waals surface area contributed by atoms with E-state index in [4.69, 9.17) is 21.1 Å². The fourth-order valence-corrected chi connectivity index (χ4v) is 4.66. The molecule has 0 bridgehead atoms. The maximum Gasteiger partial charge on any atom is 0.306 e. The molecular formula is C27H28ClN5O4. The number of hydrogen-bond donors (Lipinski definition) is 0. The third-order valence-corrected chi connectivity index (χ3v) is 6.58. The normalized spacial score (nSPS) is 15.5. The van der Waals surface area contributed by atoms with Crippen molar-refractivity contribution in [2.45, 2.75) is 32.8 Å². The highest BCUT2D eigenvalue weighted by atomic mass is 35.5. The maximum atomic E-state index is 13.4. The van der Waals surface area contributed by atoms with Gasteiger partial charge in [-0.3, -0.25) is 19.1 Å². The lowest BCUT2D eigenvalue weighted by Gasteiger charge is -2.22. The average Bonchev–Trinajstić information content (AvgIpc) is 3.51. The standard InChI is InChI=1S/C27H28ClN5O4/c1-17(2)10-26(34)37-21-8-9-31(15-21)23-7-5-20(12-25(23)36-3)32-16-30-33-14-18(11-24(33)27(32)35)22-6-4-19(28)13-29-22/h4-7,11-14,16-17,21H,8-10,15H2,1-3H3/t21-/m1/s1. The molecule has 3 aromatic heterocycles. The Hall–Kier alpha value is -3.85. The number of fused-ring (bicyclic) bond motifs is 1. The minimum absolute atomic E-state index is 0.149. The Kier molecular flexibility index (Phi) is 6.88. The van der Waals surface area contributed by atoms with Crippen molar-refractivity contribution >= 4 is 28.8 Å². The molecule has 4 heterocycles. The number of rotatable bonds is 7. The second-order valence-corrected chi connectivity index (χ2v) is 9.96. The van der Waals surface area contributed by atoms with Gasteiger partial charge < -0.3 is 14.4 Å². The maximum absolute atomic E-state index is 13.4. The summed E-state index contributed by atoms with van der Waals surface area (Å²) in [7, 11) is 1.60. The van der Waals surface area contributed by atoms with E-state index >= 15 is 0 Å². The first-order chi connectivity index (χ1) is 17.8.